The molecule has 6 heteroatoms. The van der Waals surface area contributed by atoms with Crippen molar-refractivity contribution in [3.05, 3.63) is 57.8 Å². The van der Waals surface area contributed by atoms with Crippen LogP contribution in [0.4, 0.5) is 5.69 Å². The molecule has 0 spiro atoms. The van der Waals surface area contributed by atoms with Crippen molar-refractivity contribution < 1.29 is 9.21 Å². The van der Waals surface area contributed by atoms with Gasteiger partial charge >= 0.3 is 0 Å². The van der Waals surface area contributed by atoms with E-state index >= 15 is 0 Å². The molecule has 2 aromatic heterocycles. The average Bonchev–Trinajstić information content (AvgIpc) is 2.99. The molecule has 0 fully saturated rings. The topological polar surface area (TPSA) is 68.3 Å². The molecule has 0 radical (unpaired) electrons. The Morgan fingerprint density at radius 3 is 2.67 bits per heavy atom. The van der Waals surface area contributed by atoms with Crippen LogP contribution < -0.4 is 10.5 Å². The Hall–Kier alpha value is -2.89. The van der Waals surface area contributed by atoms with Crippen LogP contribution in [0.25, 0.3) is 11.1 Å². The van der Waals surface area contributed by atoms with Crippen LogP contribution in [0.2, 0.25) is 0 Å². The van der Waals surface area contributed by atoms with Gasteiger partial charge in [-0.05, 0) is 30.9 Å². The number of carbonyl (C=O) groups is 1. The number of amides is 1. The molecule has 0 aliphatic carbocycles. The van der Waals surface area contributed by atoms with E-state index < -0.39 is 0 Å². The van der Waals surface area contributed by atoms with Crippen molar-refractivity contribution in [2.75, 3.05) is 11.9 Å². The number of nitrogens with zero attached hydrogens (tertiary/aromatic N) is 3. The predicted octanol–water partition coefficient (Wildman–Crippen LogP) is 3.79. The maximum atomic E-state index is 13.3. The van der Waals surface area contributed by atoms with Gasteiger partial charge in [-0.25, -0.2) is 4.98 Å². The lowest BCUT2D eigenvalue weighted by molar-refractivity contribution is 0.0992. The predicted molar refractivity (Wildman–Crippen MR) is 106 cm³/mol. The lowest BCUT2D eigenvalue weighted by Crippen LogP contribution is -2.30. The first kappa shape index (κ1) is 18.9. The van der Waals surface area contributed by atoms with Gasteiger partial charge < -0.3 is 9.32 Å². The Kier molecular flexibility index (Phi) is 5.17. The Labute approximate surface area is 158 Å². The largest absolute Gasteiger partial charge is 0.442 e. The van der Waals surface area contributed by atoms with Gasteiger partial charge in [0.25, 0.3) is 11.5 Å². The third-order valence-electron chi connectivity index (χ3n) is 4.67. The van der Waals surface area contributed by atoms with E-state index in [1.54, 1.807) is 23.4 Å². The molecule has 0 saturated heterocycles. The van der Waals surface area contributed by atoms with E-state index in [4.69, 9.17) is 4.42 Å². The van der Waals surface area contributed by atoms with Gasteiger partial charge in [0.2, 0.25) is 5.71 Å². The van der Waals surface area contributed by atoms with Gasteiger partial charge in [0.1, 0.15) is 17.5 Å². The fourth-order valence-electron chi connectivity index (χ4n) is 3.33. The van der Waals surface area contributed by atoms with Crippen molar-refractivity contribution in [1.82, 2.24) is 9.55 Å². The molecular formula is C21H25N3O3. The SMILES string of the molecule is CCc1ccccc1N(C)C(=O)c1c(C)oc2ncn(CC(C)C)c(=O)c12. The zero-order valence-corrected chi connectivity index (χ0v) is 16.4. The number of hydrogen-bond donors (Lipinski definition) is 0. The summed E-state index contributed by atoms with van der Waals surface area (Å²) in [6, 6.07) is 7.75. The van der Waals surface area contributed by atoms with Crippen LogP contribution in [0.3, 0.4) is 0 Å². The monoisotopic (exact) mass is 367 g/mol. The number of benzene rings is 1. The number of anilines is 1. The van der Waals surface area contributed by atoms with Crippen LogP contribution in [-0.2, 0) is 13.0 Å². The minimum atomic E-state index is -0.270. The summed E-state index contributed by atoms with van der Waals surface area (Å²) in [6.07, 6.45) is 2.29. The van der Waals surface area contributed by atoms with Gasteiger partial charge in [-0.1, -0.05) is 39.0 Å². The standard InChI is InChI=1S/C21H25N3O3/c1-6-15-9-7-8-10-16(15)23(5)20(25)17-14(4)27-19-18(17)21(26)24(12-22-19)11-13(2)3/h7-10,12-13H,6,11H2,1-5H3. The number of para-hydroxylation sites is 1. The summed E-state index contributed by atoms with van der Waals surface area (Å²) < 4.78 is 7.17. The first-order chi connectivity index (χ1) is 12.8. The van der Waals surface area contributed by atoms with Gasteiger partial charge in [0, 0.05) is 19.3 Å². The molecule has 1 amide bonds. The lowest BCUT2D eigenvalue weighted by atomic mass is 10.1. The van der Waals surface area contributed by atoms with Gasteiger partial charge in [0.15, 0.2) is 0 Å². The number of hydrogen-bond acceptors (Lipinski definition) is 4. The molecule has 3 rings (SSSR count). The molecule has 6 nitrogen and oxygen atoms in total. The number of carbonyl (C=O) groups excluding carboxylic acids is 1. The molecule has 27 heavy (non-hydrogen) atoms. The highest BCUT2D eigenvalue weighted by molar-refractivity contribution is 6.13. The molecule has 0 aliphatic rings. The normalized spacial score (nSPS) is 11.3. The highest BCUT2D eigenvalue weighted by Crippen LogP contribution is 2.26. The zero-order valence-electron chi connectivity index (χ0n) is 16.4. The van der Waals surface area contributed by atoms with E-state index in [1.165, 1.54) is 6.33 Å². The lowest BCUT2D eigenvalue weighted by Gasteiger charge is -2.20. The van der Waals surface area contributed by atoms with Crippen LogP contribution in [0.5, 0.6) is 0 Å². The highest BCUT2D eigenvalue weighted by atomic mass is 16.3. The third-order valence-corrected chi connectivity index (χ3v) is 4.67. The Morgan fingerprint density at radius 1 is 1.30 bits per heavy atom. The van der Waals surface area contributed by atoms with E-state index in [0.29, 0.717) is 12.3 Å². The smallest absolute Gasteiger partial charge is 0.265 e. The average molecular weight is 367 g/mol. The second-order valence-electron chi connectivity index (χ2n) is 7.16. The van der Waals surface area contributed by atoms with Crippen molar-refractivity contribution in [3.63, 3.8) is 0 Å². The molecular weight excluding hydrogens is 342 g/mol. The van der Waals surface area contributed by atoms with Crippen LogP contribution in [-0.4, -0.2) is 22.5 Å². The fourth-order valence-corrected chi connectivity index (χ4v) is 3.33. The van der Waals surface area contributed by atoms with Crippen LogP contribution in [0.1, 0.15) is 42.5 Å². The van der Waals surface area contributed by atoms with Crippen molar-refractivity contribution >= 4 is 22.7 Å². The zero-order chi connectivity index (χ0) is 19.7. The molecule has 2 heterocycles. The van der Waals surface area contributed by atoms with Crippen LogP contribution in [0, 0.1) is 12.8 Å². The Morgan fingerprint density at radius 2 is 2.00 bits per heavy atom. The summed E-state index contributed by atoms with van der Waals surface area (Å²) >= 11 is 0. The number of aromatic nitrogens is 2. The number of rotatable bonds is 5. The van der Waals surface area contributed by atoms with Gasteiger partial charge in [-0.3, -0.25) is 14.2 Å². The Bertz CT molecular complexity index is 1050. The van der Waals surface area contributed by atoms with E-state index in [9.17, 15) is 9.59 Å². The molecule has 3 aromatic rings. The quantitative estimate of drug-likeness (QED) is 0.688. The molecule has 0 bridgehead atoms. The van der Waals surface area contributed by atoms with Crippen LogP contribution in [0.15, 0.2) is 39.8 Å². The third kappa shape index (κ3) is 3.39. The van der Waals surface area contributed by atoms with Crippen molar-refractivity contribution in [3.8, 4) is 0 Å². The fraction of sp³-hybridized carbons (Fsp3) is 0.381. The van der Waals surface area contributed by atoms with Gasteiger partial charge in [0.05, 0.1) is 5.56 Å². The van der Waals surface area contributed by atoms with Gasteiger partial charge in [-0.2, -0.15) is 0 Å². The number of fused-ring (bicyclic) bond motifs is 1. The highest BCUT2D eigenvalue weighted by Gasteiger charge is 2.26. The van der Waals surface area contributed by atoms with Crippen molar-refractivity contribution in [1.29, 1.82) is 0 Å². The first-order valence-corrected chi connectivity index (χ1v) is 9.19. The van der Waals surface area contributed by atoms with E-state index in [2.05, 4.69) is 4.98 Å². The van der Waals surface area contributed by atoms with E-state index in [1.807, 2.05) is 45.0 Å². The summed E-state index contributed by atoms with van der Waals surface area (Å²) in [5, 5.41) is 0.251. The summed E-state index contributed by atoms with van der Waals surface area (Å²) in [7, 11) is 1.72. The minimum Gasteiger partial charge on any atom is -0.442 e. The summed E-state index contributed by atoms with van der Waals surface area (Å²) in [5.41, 5.74) is 2.14. The van der Waals surface area contributed by atoms with E-state index in [-0.39, 0.29) is 34.0 Å². The van der Waals surface area contributed by atoms with Crippen LogP contribution >= 0.6 is 0 Å². The number of aryl methyl sites for hydroxylation is 2. The summed E-state index contributed by atoms with van der Waals surface area (Å²) in [6.45, 7) is 8.33. The summed E-state index contributed by atoms with van der Waals surface area (Å²) in [4.78, 5) is 32.1. The second kappa shape index (κ2) is 7.39. The molecule has 0 aliphatic heterocycles. The molecule has 0 unspecified atom stereocenters. The van der Waals surface area contributed by atoms with Crippen molar-refractivity contribution in [2.24, 2.45) is 5.92 Å². The summed E-state index contributed by atoms with van der Waals surface area (Å²) in [5.74, 6) is 0.421. The number of furan rings is 1. The molecule has 0 atom stereocenters. The van der Waals surface area contributed by atoms with Gasteiger partial charge in [-0.15, -0.1) is 0 Å². The Balaban J connectivity index is 2.14. The minimum absolute atomic E-state index is 0.207. The van der Waals surface area contributed by atoms with E-state index in [0.717, 1.165) is 17.7 Å². The van der Waals surface area contributed by atoms with Crippen molar-refractivity contribution in [2.45, 2.75) is 40.7 Å². The maximum absolute atomic E-state index is 13.3. The molecule has 1 aromatic carbocycles. The maximum Gasteiger partial charge on any atom is 0.265 e. The molecule has 0 saturated carbocycles. The molecule has 142 valence electrons. The first-order valence-electron chi connectivity index (χ1n) is 9.19. The molecule has 0 N–H and O–H groups in total. The second-order valence-corrected chi connectivity index (χ2v) is 7.16.